The van der Waals surface area contributed by atoms with Gasteiger partial charge >= 0.3 is 0 Å². The standard InChI is InChI=1S/C44H37N/c1-4-45-39-25-13-15-29(27-43(2)35-21-9-5-17-31(35)32-18-6-10-22-36(32)43)41(39)42-30(16-14-26-40(42)45)28-44(3)37-23-11-7-19-33(37)34-20-8-12-24-38(34)44/h5-26H,4,27-28H2,1-3H3. The van der Waals surface area contributed by atoms with E-state index < -0.39 is 0 Å². The minimum absolute atomic E-state index is 0.105. The van der Waals surface area contributed by atoms with Gasteiger partial charge in [-0.05, 0) is 87.5 Å². The topological polar surface area (TPSA) is 4.93 Å². The highest BCUT2D eigenvalue weighted by atomic mass is 15.0. The fourth-order valence-corrected chi connectivity index (χ4v) is 9.19. The number of aromatic nitrogens is 1. The molecule has 2 aliphatic rings. The molecular formula is C44H37N. The highest BCUT2D eigenvalue weighted by molar-refractivity contribution is 6.11. The molecule has 1 heteroatoms. The van der Waals surface area contributed by atoms with Crippen LogP contribution in [-0.2, 0) is 30.2 Å². The predicted octanol–water partition coefficient (Wildman–Crippen LogP) is 10.9. The van der Waals surface area contributed by atoms with Crippen molar-refractivity contribution >= 4 is 21.8 Å². The first-order valence-electron chi connectivity index (χ1n) is 16.4. The predicted molar refractivity (Wildman–Crippen MR) is 189 cm³/mol. The van der Waals surface area contributed by atoms with Gasteiger partial charge in [-0.2, -0.15) is 0 Å². The summed E-state index contributed by atoms with van der Waals surface area (Å²) in [5, 5.41) is 2.85. The van der Waals surface area contributed by atoms with Gasteiger partial charge in [0.1, 0.15) is 0 Å². The van der Waals surface area contributed by atoms with Crippen LogP contribution < -0.4 is 0 Å². The second-order valence-corrected chi connectivity index (χ2v) is 13.6. The van der Waals surface area contributed by atoms with Crippen LogP contribution in [0.1, 0.15) is 54.2 Å². The molecule has 0 spiro atoms. The molecule has 0 fully saturated rings. The molecule has 9 rings (SSSR count). The van der Waals surface area contributed by atoms with Crippen molar-refractivity contribution in [2.24, 2.45) is 0 Å². The van der Waals surface area contributed by atoms with E-state index in [1.54, 1.807) is 0 Å². The zero-order valence-electron chi connectivity index (χ0n) is 26.3. The summed E-state index contributed by atoms with van der Waals surface area (Å²) in [7, 11) is 0. The average Bonchev–Trinajstić information content (AvgIpc) is 3.64. The lowest BCUT2D eigenvalue weighted by atomic mass is 9.73. The van der Waals surface area contributed by atoms with Crippen LogP contribution in [0.5, 0.6) is 0 Å². The van der Waals surface area contributed by atoms with E-state index in [9.17, 15) is 0 Å². The Bertz CT molecular complexity index is 2050. The summed E-state index contributed by atoms with van der Waals surface area (Å²) in [6.07, 6.45) is 1.91. The van der Waals surface area contributed by atoms with Crippen LogP contribution in [0, 0.1) is 0 Å². The van der Waals surface area contributed by atoms with Gasteiger partial charge < -0.3 is 4.57 Å². The normalized spacial score (nSPS) is 15.2. The Morgan fingerprint density at radius 3 is 1.09 bits per heavy atom. The first kappa shape index (κ1) is 26.5. The van der Waals surface area contributed by atoms with Crippen molar-refractivity contribution in [3.05, 3.63) is 167 Å². The quantitative estimate of drug-likeness (QED) is 0.191. The van der Waals surface area contributed by atoms with Gasteiger partial charge in [0.25, 0.3) is 0 Å². The van der Waals surface area contributed by atoms with Crippen LogP contribution in [0.25, 0.3) is 44.1 Å². The Kier molecular flexibility index (Phi) is 5.63. The SMILES string of the molecule is CCn1c2cccc(CC3(C)c4ccccc4-c4ccccc43)c2c2c(CC3(C)c4ccccc4-c4ccccc43)cccc21. The van der Waals surface area contributed by atoms with Crippen molar-refractivity contribution in [1.82, 2.24) is 4.57 Å². The molecule has 0 atom stereocenters. The average molecular weight is 580 g/mol. The first-order valence-corrected chi connectivity index (χ1v) is 16.4. The van der Waals surface area contributed by atoms with Gasteiger partial charge in [0.15, 0.2) is 0 Å². The molecule has 0 N–H and O–H groups in total. The first-order chi connectivity index (χ1) is 22.0. The lowest BCUT2D eigenvalue weighted by molar-refractivity contribution is 0.584. The molecule has 7 aromatic rings. The van der Waals surface area contributed by atoms with Crippen molar-refractivity contribution in [1.29, 1.82) is 0 Å². The maximum absolute atomic E-state index is 2.54. The molecule has 0 amide bonds. The van der Waals surface area contributed by atoms with Crippen LogP contribution in [0.4, 0.5) is 0 Å². The van der Waals surface area contributed by atoms with E-state index in [1.165, 1.54) is 77.4 Å². The summed E-state index contributed by atoms with van der Waals surface area (Å²) < 4.78 is 2.54. The number of aryl methyl sites for hydroxylation is 1. The molecule has 0 saturated heterocycles. The second kappa shape index (κ2) is 9.56. The molecule has 1 aromatic heterocycles. The fraction of sp³-hybridized carbons (Fsp3) is 0.182. The van der Waals surface area contributed by atoms with Crippen LogP contribution in [0.15, 0.2) is 133 Å². The van der Waals surface area contributed by atoms with E-state index >= 15 is 0 Å². The third-order valence-electron chi connectivity index (χ3n) is 11.2. The number of rotatable bonds is 5. The molecule has 6 aromatic carbocycles. The molecular weight excluding hydrogens is 542 g/mol. The van der Waals surface area contributed by atoms with Gasteiger partial charge in [0, 0.05) is 39.2 Å². The Morgan fingerprint density at radius 2 is 0.756 bits per heavy atom. The molecule has 0 saturated carbocycles. The molecule has 2 aliphatic carbocycles. The molecule has 0 bridgehead atoms. The van der Waals surface area contributed by atoms with Crippen molar-refractivity contribution in [3.63, 3.8) is 0 Å². The van der Waals surface area contributed by atoms with E-state index in [1.807, 2.05) is 0 Å². The lowest BCUT2D eigenvalue weighted by Gasteiger charge is -2.29. The minimum Gasteiger partial charge on any atom is -0.341 e. The molecule has 218 valence electrons. The lowest BCUT2D eigenvalue weighted by Crippen LogP contribution is -2.24. The summed E-state index contributed by atoms with van der Waals surface area (Å²) in [5.74, 6) is 0. The molecule has 0 radical (unpaired) electrons. The van der Waals surface area contributed by atoms with E-state index in [4.69, 9.17) is 0 Å². The monoisotopic (exact) mass is 579 g/mol. The molecule has 1 heterocycles. The summed E-state index contributed by atoms with van der Waals surface area (Å²) >= 11 is 0. The van der Waals surface area contributed by atoms with Crippen molar-refractivity contribution in [3.8, 4) is 22.3 Å². The van der Waals surface area contributed by atoms with Crippen LogP contribution in [-0.4, -0.2) is 4.57 Å². The van der Waals surface area contributed by atoms with Crippen LogP contribution in [0.2, 0.25) is 0 Å². The van der Waals surface area contributed by atoms with Crippen molar-refractivity contribution in [2.45, 2.75) is 51.0 Å². The maximum atomic E-state index is 2.54. The van der Waals surface area contributed by atoms with E-state index in [0.29, 0.717) is 0 Å². The van der Waals surface area contributed by atoms with E-state index in [2.05, 4.69) is 159 Å². The van der Waals surface area contributed by atoms with Gasteiger partial charge in [-0.1, -0.05) is 135 Å². The van der Waals surface area contributed by atoms with Crippen molar-refractivity contribution in [2.75, 3.05) is 0 Å². The maximum Gasteiger partial charge on any atom is 0.0494 e. The summed E-state index contributed by atoms with van der Waals surface area (Å²) in [6, 6.07) is 50.2. The third-order valence-corrected chi connectivity index (χ3v) is 11.2. The summed E-state index contributed by atoms with van der Waals surface area (Å²) in [6.45, 7) is 8.15. The molecule has 0 unspecified atom stereocenters. The highest BCUT2D eigenvalue weighted by Gasteiger charge is 2.41. The Hall–Kier alpha value is -4.88. The summed E-state index contributed by atoms with van der Waals surface area (Å²) in [4.78, 5) is 0. The highest BCUT2D eigenvalue weighted by Crippen LogP contribution is 2.53. The molecule has 1 nitrogen and oxygen atoms in total. The second-order valence-electron chi connectivity index (χ2n) is 13.6. The Balaban J connectivity index is 1.27. The number of hydrogen-bond donors (Lipinski definition) is 0. The van der Waals surface area contributed by atoms with E-state index in [0.717, 1.165) is 19.4 Å². The summed E-state index contributed by atoms with van der Waals surface area (Å²) in [5.41, 5.74) is 16.6. The molecule has 0 aliphatic heterocycles. The largest absolute Gasteiger partial charge is 0.341 e. The molecule has 45 heavy (non-hydrogen) atoms. The van der Waals surface area contributed by atoms with Crippen LogP contribution in [0.3, 0.4) is 0 Å². The van der Waals surface area contributed by atoms with Gasteiger partial charge in [0.05, 0.1) is 0 Å². The van der Waals surface area contributed by atoms with E-state index in [-0.39, 0.29) is 10.8 Å². The Labute approximate surface area is 265 Å². The fourth-order valence-electron chi connectivity index (χ4n) is 9.19. The minimum atomic E-state index is -0.105. The number of nitrogens with zero attached hydrogens (tertiary/aromatic N) is 1. The number of fused-ring (bicyclic) bond motifs is 9. The van der Waals surface area contributed by atoms with Crippen LogP contribution >= 0.6 is 0 Å². The van der Waals surface area contributed by atoms with Gasteiger partial charge in [-0.3, -0.25) is 0 Å². The zero-order valence-corrected chi connectivity index (χ0v) is 26.3. The Morgan fingerprint density at radius 1 is 0.422 bits per heavy atom. The zero-order chi connectivity index (χ0) is 30.3. The van der Waals surface area contributed by atoms with Gasteiger partial charge in [-0.15, -0.1) is 0 Å². The van der Waals surface area contributed by atoms with Crippen molar-refractivity contribution < 1.29 is 0 Å². The number of hydrogen-bond acceptors (Lipinski definition) is 0. The van der Waals surface area contributed by atoms with Gasteiger partial charge in [0.2, 0.25) is 0 Å². The third kappa shape index (κ3) is 3.56. The van der Waals surface area contributed by atoms with Gasteiger partial charge in [-0.25, -0.2) is 0 Å². The smallest absolute Gasteiger partial charge is 0.0494 e. The number of benzene rings is 6.